The monoisotopic (exact) mass is 182 g/mol. The van der Waals surface area contributed by atoms with E-state index in [1.807, 2.05) is 11.9 Å². The van der Waals surface area contributed by atoms with Gasteiger partial charge in [-0.25, -0.2) is 0 Å². The molecule has 3 heteroatoms. The first kappa shape index (κ1) is 9.00. The third-order valence-corrected chi connectivity index (χ3v) is 3.42. The fraction of sp³-hybridized carbons (Fsp3) is 0.900. The lowest BCUT2D eigenvalue weighted by atomic mass is 9.90. The Kier molecular flexibility index (Phi) is 2.54. The van der Waals surface area contributed by atoms with Crippen LogP contribution in [0.1, 0.15) is 25.7 Å². The second kappa shape index (κ2) is 3.66. The molecule has 0 radical (unpaired) electrons. The van der Waals surface area contributed by atoms with E-state index in [9.17, 15) is 4.79 Å². The van der Waals surface area contributed by atoms with Gasteiger partial charge in [0, 0.05) is 19.5 Å². The number of amides is 1. The molecule has 2 heterocycles. The maximum Gasteiger partial charge on any atom is 0.222 e. The molecular weight excluding hydrogens is 164 g/mol. The number of likely N-dealkylation sites (tertiary alicyclic amines) is 1. The molecule has 0 spiro atoms. The van der Waals surface area contributed by atoms with Crippen LogP contribution in [0.5, 0.6) is 0 Å². The Labute approximate surface area is 79.5 Å². The fourth-order valence-corrected chi connectivity index (χ4v) is 2.59. The molecule has 0 aliphatic carbocycles. The van der Waals surface area contributed by atoms with E-state index in [4.69, 9.17) is 0 Å². The summed E-state index contributed by atoms with van der Waals surface area (Å²) in [7, 11) is 1.95. The summed E-state index contributed by atoms with van der Waals surface area (Å²) in [6, 6.07) is 0.514. The van der Waals surface area contributed by atoms with Crippen LogP contribution in [0.4, 0.5) is 0 Å². The smallest absolute Gasteiger partial charge is 0.222 e. The number of nitrogens with zero attached hydrogens (tertiary/aromatic N) is 1. The molecule has 0 aromatic carbocycles. The molecule has 2 aliphatic heterocycles. The second-order valence-corrected chi connectivity index (χ2v) is 4.22. The second-order valence-electron chi connectivity index (χ2n) is 4.22. The van der Waals surface area contributed by atoms with E-state index >= 15 is 0 Å². The highest BCUT2D eigenvalue weighted by molar-refractivity contribution is 5.78. The third-order valence-electron chi connectivity index (χ3n) is 3.42. The Hall–Kier alpha value is -0.570. The van der Waals surface area contributed by atoms with E-state index in [2.05, 4.69) is 5.32 Å². The van der Waals surface area contributed by atoms with E-state index in [1.54, 1.807) is 0 Å². The number of hydrogen-bond donors (Lipinski definition) is 1. The SMILES string of the molecule is CN1C(=O)CCC1C1CCCNC1. The van der Waals surface area contributed by atoms with Gasteiger partial charge < -0.3 is 10.2 Å². The molecule has 0 aromatic heterocycles. The average Bonchev–Trinajstić information content (AvgIpc) is 2.49. The van der Waals surface area contributed by atoms with Crippen LogP contribution in [0, 0.1) is 5.92 Å². The van der Waals surface area contributed by atoms with Crippen LogP contribution in [0.15, 0.2) is 0 Å². The van der Waals surface area contributed by atoms with Gasteiger partial charge >= 0.3 is 0 Å². The normalized spacial score (nSPS) is 35.5. The summed E-state index contributed by atoms with van der Waals surface area (Å²) in [6.07, 6.45) is 4.39. The number of piperidine rings is 1. The Balaban J connectivity index is 1.95. The number of rotatable bonds is 1. The summed E-state index contributed by atoms with van der Waals surface area (Å²) in [5.74, 6) is 1.03. The first-order valence-electron chi connectivity index (χ1n) is 5.25. The van der Waals surface area contributed by atoms with Crippen molar-refractivity contribution >= 4 is 5.91 Å². The molecule has 3 nitrogen and oxygen atoms in total. The zero-order chi connectivity index (χ0) is 9.26. The highest BCUT2D eigenvalue weighted by Gasteiger charge is 2.34. The van der Waals surface area contributed by atoms with E-state index < -0.39 is 0 Å². The van der Waals surface area contributed by atoms with Gasteiger partial charge in [0.25, 0.3) is 0 Å². The van der Waals surface area contributed by atoms with Crippen LogP contribution in [0.2, 0.25) is 0 Å². The third kappa shape index (κ3) is 1.70. The highest BCUT2D eigenvalue weighted by atomic mass is 16.2. The molecule has 2 atom stereocenters. The van der Waals surface area contributed by atoms with Gasteiger partial charge in [0.1, 0.15) is 0 Å². The molecule has 0 aromatic rings. The number of nitrogens with one attached hydrogen (secondary N) is 1. The molecule has 1 N–H and O–H groups in total. The van der Waals surface area contributed by atoms with Gasteiger partial charge in [-0.15, -0.1) is 0 Å². The van der Waals surface area contributed by atoms with Crippen molar-refractivity contribution in [3.63, 3.8) is 0 Å². The molecule has 0 bridgehead atoms. The molecule has 2 unspecified atom stereocenters. The van der Waals surface area contributed by atoms with E-state index in [-0.39, 0.29) is 0 Å². The topological polar surface area (TPSA) is 32.3 Å². The summed E-state index contributed by atoms with van der Waals surface area (Å²) in [5, 5.41) is 3.41. The van der Waals surface area contributed by atoms with Crippen LogP contribution >= 0.6 is 0 Å². The summed E-state index contributed by atoms with van der Waals surface area (Å²) in [5.41, 5.74) is 0. The molecule has 13 heavy (non-hydrogen) atoms. The van der Waals surface area contributed by atoms with Gasteiger partial charge in [0.15, 0.2) is 0 Å². The Morgan fingerprint density at radius 3 is 2.85 bits per heavy atom. The standard InChI is InChI=1S/C10H18N2O/c1-12-9(4-5-10(12)13)8-3-2-6-11-7-8/h8-9,11H,2-7H2,1H3. The molecular formula is C10H18N2O. The molecule has 2 fully saturated rings. The zero-order valence-corrected chi connectivity index (χ0v) is 8.25. The van der Waals surface area contributed by atoms with Crippen molar-refractivity contribution in [2.45, 2.75) is 31.7 Å². The minimum Gasteiger partial charge on any atom is -0.342 e. The summed E-state index contributed by atoms with van der Waals surface area (Å²) in [4.78, 5) is 13.3. The van der Waals surface area contributed by atoms with Crippen molar-refractivity contribution in [1.82, 2.24) is 10.2 Å². The van der Waals surface area contributed by atoms with Crippen molar-refractivity contribution in [3.05, 3.63) is 0 Å². The molecule has 74 valence electrons. The summed E-state index contributed by atoms with van der Waals surface area (Å²) >= 11 is 0. The predicted octanol–water partition coefficient (Wildman–Crippen LogP) is 0.607. The zero-order valence-electron chi connectivity index (χ0n) is 8.25. The molecule has 2 aliphatic rings. The van der Waals surface area contributed by atoms with Gasteiger partial charge in [0.05, 0.1) is 0 Å². The van der Waals surface area contributed by atoms with E-state index in [0.29, 0.717) is 17.9 Å². The van der Waals surface area contributed by atoms with Crippen LogP contribution in [0.25, 0.3) is 0 Å². The summed E-state index contributed by atoms with van der Waals surface area (Å²) < 4.78 is 0. The van der Waals surface area contributed by atoms with Crippen molar-refractivity contribution in [3.8, 4) is 0 Å². The number of carbonyl (C=O) groups is 1. The highest BCUT2D eigenvalue weighted by Crippen LogP contribution is 2.27. The van der Waals surface area contributed by atoms with Crippen molar-refractivity contribution in [2.75, 3.05) is 20.1 Å². The molecule has 0 saturated carbocycles. The minimum absolute atomic E-state index is 0.329. The predicted molar refractivity (Wildman–Crippen MR) is 51.4 cm³/mol. The quantitative estimate of drug-likeness (QED) is 0.644. The van der Waals surface area contributed by atoms with Crippen molar-refractivity contribution in [2.24, 2.45) is 5.92 Å². The van der Waals surface area contributed by atoms with Gasteiger partial charge in [-0.3, -0.25) is 4.79 Å². The fourth-order valence-electron chi connectivity index (χ4n) is 2.59. The lowest BCUT2D eigenvalue weighted by Gasteiger charge is -2.32. The largest absolute Gasteiger partial charge is 0.342 e. The van der Waals surface area contributed by atoms with Crippen molar-refractivity contribution in [1.29, 1.82) is 0 Å². The van der Waals surface area contributed by atoms with Crippen LogP contribution in [-0.4, -0.2) is 37.0 Å². The molecule has 2 saturated heterocycles. The maximum absolute atomic E-state index is 11.3. The Bertz CT molecular complexity index is 199. The van der Waals surface area contributed by atoms with Gasteiger partial charge in [-0.1, -0.05) is 0 Å². The molecule has 1 amide bonds. The van der Waals surface area contributed by atoms with Gasteiger partial charge in [-0.2, -0.15) is 0 Å². The number of hydrogen-bond acceptors (Lipinski definition) is 2. The maximum atomic E-state index is 11.3. The molecule has 2 rings (SSSR count). The average molecular weight is 182 g/mol. The lowest BCUT2D eigenvalue weighted by Crippen LogP contribution is -2.42. The first-order valence-corrected chi connectivity index (χ1v) is 5.25. The lowest BCUT2D eigenvalue weighted by molar-refractivity contribution is -0.128. The van der Waals surface area contributed by atoms with E-state index in [1.165, 1.54) is 12.8 Å². The number of carbonyl (C=O) groups excluding carboxylic acids is 1. The minimum atomic E-state index is 0.329. The first-order chi connectivity index (χ1) is 6.29. The van der Waals surface area contributed by atoms with E-state index in [0.717, 1.165) is 25.9 Å². The van der Waals surface area contributed by atoms with Crippen LogP contribution < -0.4 is 5.32 Å². The Morgan fingerprint density at radius 2 is 2.31 bits per heavy atom. The summed E-state index contributed by atoms with van der Waals surface area (Å²) in [6.45, 7) is 2.25. The Morgan fingerprint density at radius 1 is 1.46 bits per heavy atom. The van der Waals surface area contributed by atoms with Crippen LogP contribution in [-0.2, 0) is 4.79 Å². The van der Waals surface area contributed by atoms with Gasteiger partial charge in [-0.05, 0) is 38.3 Å². The van der Waals surface area contributed by atoms with Crippen molar-refractivity contribution < 1.29 is 4.79 Å². The van der Waals surface area contributed by atoms with Gasteiger partial charge in [0.2, 0.25) is 5.91 Å². The van der Waals surface area contributed by atoms with Crippen LogP contribution in [0.3, 0.4) is 0 Å².